The molecule has 1 saturated heterocycles. The van der Waals surface area contributed by atoms with E-state index in [0.29, 0.717) is 18.8 Å². The zero-order valence-corrected chi connectivity index (χ0v) is 11.9. The van der Waals surface area contributed by atoms with Crippen LogP contribution in [0.4, 0.5) is 5.69 Å². The second-order valence-electron chi connectivity index (χ2n) is 5.03. The molecular weight excluding hydrogens is 274 g/mol. The topological polar surface area (TPSA) is 96.1 Å². The van der Waals surface area contributed by atoms with Crippen molar-refractivity contribution < 1.29 is 19.4 Å². The molecule has 2 rings (SSSR count). The molecule has 1 heterocycles. The van der Waals surface area contributed by atoms with E-state index in [1.165, 1.54) is 18.2 Å². The molecule has 114 valence electrons. The third-order valence-electron chi connectivity index (χ3n) is 3.47. The first-order chi connectivity index (χ1) is 9.97. The third kappa shape index (κ3) is 3.85. The summed E-state index contributed by atoms with van der Waals surface area (Å²) in [4.78, 5) is 26.8. The van der Waals surface area contributed by atoms with Crippen LogP contribution in [0.1, 0.15) is 10.4 Å². The van der Waals surface area contributed by atoms with Crippen molar-refractivity contribution in [3.05, 3.63) is 23.8 Å². The van der Waals surface area contributed by atoms with Crippen molar-refractivity contribution >= 4 is 17.6 Å². The van der Waals surface area contributed by atoms with Gasteiger partial charge < -0.3 is 25.4 Å². The summed E-state index contributed by atoms with van der Waals surface area (Å²) < 4.78 is 5.38. The largest absolute Gasteiger partial charge is 0.482 e. The predicted molar refractivity (Wildman–Crippen MR) is 77.4 cm³/mol. The highest BCUT2D eigenvalue weighted by atomic mass is 16.5. The summed E-state index contributed by atoms with van der Waals surface area (Å²) in [6.07, 6.45) is 0. The van der Waals surface area contributed by atoms with Crippen molar-refractivity contribution in [2.24, 2.45) is 0 Å². The van der Waals surface area contributed by atoms with Gasteiger partial charge in [0.05, 0.1) is 11.3 Å². The lowest BCUT2D eigenvalue weighted by atomic mass is 10.2. The number of carboxylic acid groups (broad SMARTS) is 1. The summed E-state index contributed by atoms with van der Waals surface area (Å²) in [7, 11) is 2.01. The molecule has 1 fully saturated rings. The van der Waals surface area contributed by atoms with Gasteiger partial charge in [0.25, 0.3) is 5.91 Å². The summed E-state index contributed by atoms with van der Waals surface area (Å²) in [6.45, 7) is 2.87. The van der Waals surface area contributed by atoms with Crippen LogP contribution in [0, 0.1) is 0 Å². The maximum Gasteiger partial charge on any atom is 0.335 e. The second-order valence-corrected chi connectivity index (χ2v) is 5.03. The van der Waals surface area contributed by atoms with Crippen LogP contribution < -0.4 is 10.5 Å². The highest BCUT2D eigenvalue weighted by Gasteiger charge is 2.19. The van der Waals surface area contributed by atoms with Gasteiger partial charge in [0.15, 0.2) is 6.61 Å². The number of benzene rings is 1. The lowest BCUT2D eigenvalue weighted by molar-refractivity contribution is -0.134. The molecule has 7 nitrogen and oxygen atoms in total. The number of ether oxygens (including phenoxy) is 1. The normalized spacial score (nSPS) is 15.8. The zero-order chi connectivity index (χ0) is 15.4. The number of amides is 1. The first kappa shape index (κ1) is 15.1. The molecule has 0 saturated carbocycles. The lowest BCUT2D eigenvalue weighted by Crippen LogP contribution is -2.48. The number of hydrogen-bond acceptors (Lipinski definition) is 5. The van der Waals surface area contributed by atoms with Crippen molar-refractivity contribution in [3.8, 4) is 5.75 Å². The number of rotatable bonds is 4. The van der Waals surface area contributed by atoms with E-state index < -0.39 is 5.97 Å². The highest BCUT2D eigenvalue weighted by Crippen LogP contribution is 2.22. The summed E-state index contributed by atoms with van der Waals surface area (Å²) in [5, 5.41) is 8.93. The third-order valence-corrected chi connectivity index (χ3v) is 3.47. The number of carbonyl (C=O) groups excluding carboxylic acids is 1. The Labute approximate surface area is 122 Å². The van der Waals surface area contributed by atoms with Crippen molar-refractivity contribution in [2.45, 2.75) is 0 Å². The highest BCUT2D eigenvalue weighted by molar-refractivity contribution is 5.89. The molecule has 0 aromatic heterocycles. The zero-order valence-electron chi connectivity index (χ0n) is 11.9. The van der Waals surface area contributed by atoms with Crippen LogP contribution in [0.5, 0.6) is 5.75 Å². The number of likely N-dealkylation sites (N-methyl/N-ethyl adjacent to an activating group) is 1. The molecular formula is C14H19N3O4. The molecule has 21 heavy (non-hydrogen) atoms. The molecule has 0 bridgehead atoms. The van der Waals surface area contributed by atoms with Crippen LogP contribution in [0.25, 0.3) is 0 Å². The van der Waals surface area contributed by atoms with Gasteiger partial charge in [0, 0.05) is 26.2 Å². The van der Waals surface area contributed by atoms with Crippen LogP contribution in [0.15, 0.2) is 18.2 Å². The number of nitrogen functional groups attached to an aromatic ring is 1. The van der Waals surface area contributed by atoms with Gasteiger partial charge in [-0.05, 0) is 25.2 Å². The smallest absolute Gasteiger partial charge is 0.335 e. The van der Waals surface area contributed by atoms with E-state index in [1.54, 1.807) is 4.90 Å². The summed E-state index contributed by atoms with van der Waals surface area (Å²) in [5.41, 5.74) is 6.11. The predicted octanol–water partition coefficient (Wildman–Crippen LogP) is 0.120. The number of carbonyl (C=O) groups is 2. The summed E-state index contributed by atoms with van der Waals surface area (Å²) >= 11 is 0. The summed E-state index contributed by atoms with van der Waals surface area (Å²) in [5.74, 6) is -0.967. The van der Waals surface area contributed by atoms with Crippen molar-refractivity contribution in [1.82, 2.24) is 9.80 Å². The van der Waals surface area contributed by atoms with Crippen LogP contribution >= 0.6 is 0 Å². The minimum Gasteiger partial charge on any atom is -0.482 e. The number of nitrogens with zero attached hydrogens (tertiary/aromatic N) is 2. The number of aromatic carboxylic acids is 1. The lowest BCUT2D eigenvalue weighted by Gasteiger charge is -2.32. The Balaban J connectivity index is 1.94. The average Bonchev–Trinajstić information content (AvgIpc) is 2.46. The van der Waals surface area contributed by atoms with Crippen molar-refractivity contribution in [2.75, 3.05) is 45.6 Å². The molecule has 7 heteroatoms. The van der Waals surface area contributed by atoms with E-state index in [1.807, 2.05) is 7.05 Å². The van der Waals surface area contributed by atoms with Gasteiger partial charge in [-0.1, -0.05) is 0 Å². The van der Waals surface area contributed by atoms with Gasteiger partial charge in [-0.2, -0.15) is 0 Å². The van der Waals surface area contributed by atoms with Crippen LogP contribution in [0.2, 0.25) is 0 Å². The fraction of sp³-hybridized carbons (Fsp3) is 0.429. The fourth-order valence-electron chi connectivity index (χ4n) is 2.08. The number of carboxylic acids is 1. The van der Waals surface area contributed by atoms with Gasteiger partial charge in [0.2, 0.25) is 0 Å². The first-order valence-corrected chi connectivity index (χ1v) is 6.69. The molecule has 1 aromatic rings. The van der Waals surface area contributed by atoms with E-state index >= 15 is 0 Å². The average molecular weight is 293 g/mol. The fourth-order valence-corrected chi connectivity index (χ4v) is 2.08. The maximum absolute atomic E-state index is 12.0. The number of anilines is 1. The molecule has 1 aliphatic rings. The standard InChI is InChI=1S/C14H19N3O4/c1-16-4-6-17(7-5-16)13(18)9-21-12-8-10(14(19)20)2-3-11(12)15/h2-3,8H,4-7,9,15H2,1H3,(H,19,20). The second kappa shape index (κ2) is 6.45. The van der Waals surface area contributed by atoms with E-state index in [-0.39, 0.29) is 23.8 Å². The van der Waals surface area contributed by atoms with Gasteiger partial charge in [-0.25, -0.2) is 4.79 Å². The Morgan fingerprint density at radius 1 is 1.29 bits per heavy atom. The Morgan fingerprint density at radius 3 is 2.57 bits per heavy atom. The summed E-state index contributed by atoms with van der Waals surface area (Å²) in [6, 6.07) is 4.18. The van der Waals surface area contributed by atoms with Gasteiger partial charge in [-0.15, -0.1) is 0 Å². The number of nitrogens with two attached hydrogens (primary N) is 1. The minimum atomic E-state index is -1.06. The molecule has 1 aliphatic heterocycles. The van der Waals surface area contributed by atoms with E-state index in [2.05, 4.69) is 4.90 Å². The van der Waals surface area contributed by atoms with Gasteiger partial charge in [-0.3, -0.25) is 4.79 Å². The quantitative estimate of drug-likeness (QED) is 0.766. The van der Waals surface area contributed by atoms with E-state index in [0.717, 1.165) is 13.1 Å². The van der Waals surface area contributed by atoms with Crippen molar-refractivity contribution in [1.29, 1.82) is 0 Å². The Morgan fingerprint density at radius 2 is 1.95 bits per heavy atom. The molecule has 0 aliphatic carbocycles. The molecule has 0 atom stereocenters. The molecule has 1 amide bonds. The first-order valence-electron chi connectivity index (χ1n) is 6.69. The van der Waals surface area contributed by atoms with E-state index in [4.69, 9.17) is 15.6 Å². The van der Waals surface area contributed by atoms with E-state index in [9.17, 15) is 9.59 Å². The molecule has 0 radical (unpaired) electrons. The molecule has 1 aromatic carbocycles. The Hall–Kier alpha value is -2.28. The van der Waals surface area contributed by atoms with Gasteiger partial charge >= 0.3 is 5.97 Å². The Bertz CT molecular complexity index is 539. The SMILES string of the molecule is CN1CCN(C(=O)COc2cc(C(=O)O)ccc2N)CC1. The molecule has 0 spiro atoms. The molecule has 0 unspecified atom stereocenters. The monoisotopic (exact) mass is 293 g/mol. The maximum atomic E-state index is 12.0. The van der Waals surface area contributed by atoms with Crippen molar-refractivity contribution in [3.63, 3.8) is 0 Å². The number of hydrogen-bond donors (Lipinski definition) is 2. The molecule has 3 N–H and O–H groups in total. The van der Waals surface area contributed by atoms with Crippen LogP contribution in [-0.2, 0) is 4.79 Å². The number of piperazine rings is 1. The Kier molecular flexibility index (Phi) is 4.64. The minimum absolute atomic E-state index is 0.0752. The van der Waals surface area contributed by atoms with Crippen LogP contribution in [0.3, 0.4) is 0 Å². The van der Waals surface area contributed by atoms with Crippen LogP contribution in [-0.4, -0.2) is 66.6 Å². The van der Waals surface area contributed by atoms with Gasteiger partial charge in [0.1, 0.15) is 5.75 Å².